The van der Waals surface area contributed by atoms with Gasteiger partial charge in [0.1, 0.15) is 0 Å². The van der Waals surface area contributed by atoms with Crippen LogP contribution in [0.5, 0.6) is 0 Å². The fourth-order valence-electron chi connectivity index (χ4n) is 3.33. The monoisotopic (exact) mass is 350 g/mol. The summed E-state index contributed by atoms with van der Waals surface area (Å²) in [4.78, 5) is 11.8. The number of aromatic nitrogens is 1. The fourth-order valence-corrected chi connectivity index (χ4v) is 4.27. The van der Waals surface area contributed by atoms with E-state index in [1.165, 1.54) is 16.9 Å². The minimum absolute atomic E-state index is 0.0772. The predicted molar refractivity (Wildman–Crippen MR) is 92.4 cm³/mol. The van der Waals surface area contributed by atoms with Gasteiger partial charge < -0.3 is 24.1 Å². The molecule has 1 atom stereocenters. The number of hydrogen-bond acceptors (Lipinski definition) is 6. The summed E-state index contributed by atoms with van der Waals surface area (Å²) >= 11 is 1.29. The van der Waals surface area contributed by atoms with Crippen molar-refractivity contribution >= 4 is 21.6 Å². The maximum atomic E-state index is 11.7. The zero-order valence-electron chi connectivity index (χ0n) is 13.7. The lowest BCUT2D eigenvalue weighted by molar-refractivity contribution is -0.210. The van der Waals surface area contributed by atoms with Crippen LogP contribution in [0.15, 0.2) is 23.0 Å². The molecule has 130 valence electrons. The van der Waals surface area contributed by atoms with E-state index in [9.17, 15) is 4.79 Å². The molecule has 2 aliphatic rings. The molecule has 0 amide bonds. The largest absolute Gasteiger partial charge is 0.381 e. The first-order chi connectivity index (χ1) is 11.7. The van der Waals surface area contributed by atoms with Gasteiger partial charge in [-0.2, -0.15) is 0 Å². The Morgan fingerprint density at radius 2 is 2.21 bits per heavy atom. The van der Waals surface area contributed by atoms with Gasteiger partial charge in [0.15, 0.2) is 5.79 Å². The van der Waals surface area contributed by atoms with Crippen LogP contribution in [0.4, 0.5) is 0 Å². The van der Waals surface area contributed by atoms with Crippen molar-refractivity contribution in [1.82, 2.24) is 9.88 Å². The summed E-state index contributed by atoms with van der Waals surface area (Å²) in [6, 6.07) is 6.16. The van der Waals surface area contributed by atoms with Crippen molar-refractivity contribution in [1.29, 1.82) is 0 Å². The normalized spacial score (nSPS) is 23.3. The van der Waals surface area contributed by atoms with Gasteiger partial charge in [-0.25, -0.2) is 0 Å². The van der Waals surface area contributed by atoms with Crippen molar-refractivity contribution in [3.63, 3.8) is 0 Å². The highest BCUT2D eigenvalue weighted by molar-refractivity contribution is 7.16. The Kier molecular flexibility index (Phi) is 4.44. The number of fused-ring (bicyclic) bond motifs is 1. The van der Waals surface area contributed by atoms with Gasteiger partial charge in [-0.05, 0) is 17.7 Å². The highest BCUT2D eigenvalue weighted by Crippen LogP contribution is 2.33. The van der Waals surface area contributed by atoms with Crippen molar-refractivity contribution in [2.45, 2.75) is 31.3 Å². The minimum Gasteiger partial charge on any atom is -0.381 e. The Balaban J connectivity index is 1.32. The molecule has 24 heavy (non-hydrogen) atoms. The van der Waals surface area contributed by atoms with Gasteiger partial charge >= 0.3 is 4.87 Å². The number of ether oxygens (including phenoxy) is 3. The average Bonchev–Trinajstić information content (AvgIpc) is 3.10. The summed E-state index contributed by atoms with van der Waals surface area (Å²) < 4.78 is 20.1. The van der Waals surface area contributed by atoms with E-state index in [0.717, 1.165) is 36.1 Å². The molecule has 3 heterocycles. The van der Waals surface area contributed by atoms with Crippen LogP contribution in [0, 0.1) is 0 Å². The fraction of sp³-hybridized carbons (Fsp3) is 0.588. The first-order valence-electron chi connectivity index (χ1n) is 8.34. The Morgan fingerprint density at radius 3 is 3.04 bits per heavy atom. The van der Waals surface area contributed by atoms with Crippen molar-refractivity contribution in [3.05, 3.63) is 33.4 Å². The van der Waals surface area contributed by atoms with Crippen LogP contribution >= 0.6 is 11.3 Å². The Labute approximate surface area is 144 Å². The second-order valence-corrected chi connectivity index (χ2v) is 7.43. The molecular formula is C17H22N2O4S. The second kappa shape index (κ2) is 6.57. The van der Waals surface area contributed by atoms with Gasteiger partial charge in [0.2, 0.25) is 0 Å². The summed E-state index contributed by atoms with van der Waals surface area (Å²) in [5, 5.41) is 3.44. The maximum absolute atomic E-state index is 11.7. The molecule has 2 saturated heterocycles. The molecule has 6 nitrogen and oxygen atoms in total. The van der Waals surface area contributed by atoms with Crippen molar-refractivity contribution in [2.75, 3.05) is 26.4 Å². The molecule has 2 aliphatic heterocycles. The molecule has 2 aromatic rings. The zero-order valence-corrected chi connectivity index (χ0v) is 14.6. The summed E-state index contributed by atoms with van der Waals surface area (Å²) in [7, 11) is 1.81. The topological polar surface area (TPSA) is 61.7 Å². The zero-order chi connectivity index (χ0) is 16.6. The molecule has 1 N–H and O–H groups in total. The molecule has 0 aliphatic carbocycles. The van der Waals surface area contributed by atoms with E-state index < -0.39 is 5.79 Å². The highest BCUT2D eigenvalue weighted by Gasteiger charge is 2.42. The number of benzene rings is 1. The van der Waals surface area contributed by atoms with E-state index in [4.69, 9.17) is 14.2 Å². The first kappa shape index (κ1) is 16.2. The Bertz CT molecular complexity index is 778. The van der Waals surface area contributed by atoms with E-state index in [2.05, 4.69) is 17.4 Å². The predicted octanol–water partition coefficient (Wildman–Crippen LogP) is 1.61. The smallest absolute Gasteiger partial charge is 0.307 e. The molecule has 0 bridgehead atoms. The third-order valence-electron chi connectivity index (χ3n) is 4.73. The molecule has 7 heteroatoms. The molecule has 1 aromatic heterocycles. The molecule has 1 spiro atoms. The van der Waals surface area contributed by atoms with E-state index in [0.29, 0.717) is 19.8 Å². The number of rotatable bonds is 4. The van der Waals surface area contributed by atoms with Crippen LogP contribution in [-0.2, 0) is 27.8 Å². The van der Waals surface area contributed by atoms with Crippen LogP contribution < -0.4 is 10.2 Å². The number of nitrogens with one attached hydrogen (secondary N) is 1. The van der Waals surface area contributed by atoms with Gasteiger partial charge in [-0.1, -0.05) is 17.4 Å². The van der Waals surface area contributed by atoms with Gasteiger partial charge in [-0.15, -0.1) is 0 Å². The van der Waals surface area contributed by atoms with Crippen LogP contribution in [0.25, 0.3) is 10.2 Å². The minimum atomic E-state index is -0.417. The van der Waals surface area contributed by atoms with Crippen molar-refractivity contribution in [3.8, 4) is 0 Å². The lowest BCUT2D eigenvalue weighted by atomic mass is 10.1. The summed E-state index contributed by atoms with van der Waals surface area (Å²) in [5.41, 5.74) is 2.16. The Morgan fingerprint density at radius 1 is 1.38 bits per heavy atom. The molecule has 2 fully saturated rings. The third-order valence-corrected chi connectivity index (χ3v) is 5.72. The van der Waals surface area contributed by atoms with Crippen molar-refractivity contribution in [2.24, 2.45) is 7.05 Å². The van der Waals surface area contributed by atoms with Gasteiger partial charge in [-0.3, -0.25) is 4.79 Å². The highest BCUT2D eigenvalue weighted by atomic mass is 32.1. The lowest BCUT2D eigenvalue weighted by Crippen LogP contribution is -2.39. The summed E-state index contributed by atoms with van der Waals surface area (Å²) in [6.07, 6.45) is 1.71. The van der Waals surface area contributed by atoms with Gasteiger partial charge in [0.25, 0.3) is 0 Å². The Hall–Kier alpha value is -1.25. The number of nitrogens with zero attached hydrogens (tertiary/aromatic N) is 1. The van der Waals surface area contributed by atoms with Crippen LogP contribution in [0.1, 0.15) is 18.4 Å². The van der Waals surface area contributed by atoms with Crippen LogP contribution in [0.2, 0.25) is 0 Å². The van der Waals surface area contributed by atoms with E-state index >= 15 is 0 Å². The number of aryl methyl sites for hydroxylation is 1. The number of thiazole rings is 1. The first-order valence-corrected chi connectivity index (χ1v) is 9.16. The second-order valence-electron chi connectivity index (χ2n) is 6.43. The SMILES string of the molecule is Cn1c(=O)sc2cc(CNC[C@H]3COC4(CCOCC4)O3)ccc21. The van der Waals surface area contributed by atoms with Gasteiger partial charge in [0, 0.05) is 33.0 Å². The van der Waals surface area contributed by atoms with E-state index in [-0.39, 0.29) is 11.0 Å². The van der Waals surface area contributed by atoms with Crippen LogP contribution in [0.3, 0.4) is 0 Å². The maximum Gasteiger partial charge on any atom is 0.307 e. The third kappa shape index (κ3) is 3.14. The molecule has 0 radical (unpaired) electrons. The van der Waals surface area contributed by atoms with Crippen molar-refractivity contribution < 1.29 is 14.2 Å². The molecule has 0 unspecified atom stereocenters. The molecular weight excluding hydrogens is 328 g/mol. The van der Waals surface area contributed by atoms with E-state index in [1.54, 1.807) is 4.57 Å². The quantitative estimate of drug-likeness (QED) is 0.908. The molecule has 1 aromatic carbocycles. The average molecular weight is 350 g/mol. The summed E-state index contributed by atoms with van der Waals surface area (Å²) in [5.74, 6) is -0.417. The van der Waals surface area contributed by atoms with Crippen LogP contribution in [-0.4, -0.2) is 42.8 Å². The standard InChI is InChI=1S/C17H22N2O4S/c1-19-14-3-2-12(8-15(14)24-16(19)20)9-18-10-13-11-22-17(23-13)4-6-21-7-5-17/h2-3,8,13,18H,4-7,9-11H2,1H3/t13-/m0/s1. The number of hydrogen-bond donors (Lipinski definition) is 1. The molecule has 4 rings (SSSR count). The lowest BCUT2D eigenvalue weighted by Gasteiger charge is -2.31. The van der Waals surface area contributed by atoms with Gasteiger partial charge in [0.05, 0.1) is 36.1 Å². The summed E-state index contributed by atoms with van der Waals surface area (Å²) in [6.45, 7) is 3.56. The molecule has 0 saturated carbocycles. The van der Waals surface area contributed by atoms with E-state index in [1.807, 2.05) is 13.1 Å².